The number of benzene rings is 2. The molecule has 32 heavy (non-hydrogen) atoms. The molecular weight excluding hydrogens is 430 g/mol. The van der Waals surface area contributed by atoms with Crippen molar-refractivity contribution in [2.45, 2.75) is 43.9 Å². The number of hydrogen-bond acceptors (Lipinski definition) is 5. The maximum atomic E-state index is 12.8. The molecule has 0 spiro atoms. The van der Waals surface area contributed by atoms with E-state index in [1.54, 1.807) is 38.1 Å². The molecule has 2 rings (SSSR count). The van der Waals surface area contributed by atoms with Crippen molar-refractivity contribution in [3.63, 3.8) is 0 Å². The van der Waals surface area contributed by atoms with Gasteiger partial charge < -0.3 is 21.1 Å². The Kier molecular flexibility index (Phi) is 9.87. The number of rotatable bonds is 11. The summed E-state index contributed by atoms with van der Waals surface area (Å²) in [5.74, 6) is -1.42. The molecule has 0 heterocycles. The Labute approximate surface area is 190 Å². The van der Waals surface area contributed by atoms with Gasteiger partial charge in [0, 0.05) is 10.6 Å². The van der Waals surface area contributed by atoms with Crippen molar-refractivity contribution in [2.75, 3.05) is 5.75 Å². The van der Waals surface area contributed by atoms with Crippen LogP contribution in [-0.4, -0.2) is 40.0 Å². The minimum Gasteiger partial charge on any atom is -0.445 e. The number of nitrogens with two attached hydrogens (primary N) is 1. The maximum Gasteiger partial charge on any atom is 0.408 e. The topological polar surface area (TPSA) is 128 Å². The van der Waals surface area contributed by atoms with Crippen molar-refractivity contribution in [1.82, 2.24) is 10.6 Å². The Balaban J connectivity index is 1.92. The summed E-state index contributed by atoms with van der Waals surface area (Å²) in [4.78, 5) is 37.4. The third-order valence-corrected chi connectivity index (χ3v) is 6.10. The summed E-state index contributed by atoms with van der Waals surface area (Å²) in [7, 11) is -1.33. The summed E-state index contributed by atoms with van der Waals surface area (Å²) >= 11 is 0. The third kappa shape index (κ3) is 8.14. The van der Waals surface area contributed by atoms with E-state index < -0.39 is 40.8 Å². The molecule has 0 aromatic heterocycles. The fraction of sp³-hybridized carbons (Fsp3) is 0.348. The van der Waals surface area contributed by atoms with Crippen LogP contribution < -0.4 is 16.4 Å². The molecule has 0 saturated carbocycles. The van der Waals surface area contributed by atoms with Crippen molar-refractivity contribution in [3.05, 3.63) is 66.2 Å². The number of ether oxygens (including phenoxy) is 1. The Morgan fingerprint density at radius 2 is 1.56 bits per heavy atom. The van der Waals surface area contributed by atoms with Crippen molar-refractivity contribution in [2.24, 2.45) is 11.7 Å². The predicted octanol–water partition coefficient (Wildman–Crippen LogP) is 2.11. The summed E-state index contributed by atoms with van der Waals surface area (Å²) in [6, 6.07) is 16.0. The number of carbonyl (C=O) groups is 3. The SMILES string of the molecule is CC(C)[C@@H](NC(=O)OCc1ccccc1)C(=O)N[C@@H](CC[S@](=O)c1ccccc1)C(N)=O. The lowest BCUT2D eigenvalue weighted by atomic mass is 10.0. The van der Waals surface area contributed by atoms with E-state index in [0.29, 0.717) is 4.90 Å². The lowest BCUT2D eigenvalue weighted by molar-refractivity contribution is -0.129. The molecule has 172 valence electrons. The highest BCUT2D eigenvalue weighted by molar-refractivity contribution is 7.85. The minimum absolute atomic E-state index is 0.0638. The van der Waals surface area contributed by atoms with Crippen LogP contribution in [0.2, 0.25) is 0 Å². The van der Waals surface area contributed by atoms with Crippen LogP contribution in [0.3, 0.4) is 0 Å². The van der Waals surface area contributed by atoms with Crippen molar-refractivity contribution in [1.29, 1.82) is 0 Å². The van der Waals surface area contributed by atoms with Crippen LogP contribution >= 0.6 is 0 Å². The van der Waals surface area contributed by atoms with E-state index in [1.165, 1.54) is 0 Å². The van der Waals surface area contributed by atoms with Crippen LogP contribution in [0.15, 0.2) is 65.6 Å². The second-order valence-electron chi connectivity index (χ2n) is 7.54. The summed E-state index contributed by atoms with van der Waals surface area (Å²) in [5.41, 5.74) is 6.25. The van der Waals surface area contributed by atoms with Crippen molar-refractivity contribution in [3.8, 4) is 0 Å². The molecule has 9 heteroatoms. The minimum atomic E-state index is -1.33. The molecule has 3 atom stereocenters. The first-order chi connectivity index (χ1) is 15.3. The highest BCUT2D eigenvalue weighted by Gasteiger charge is 2.28. The number of carbonyl (C=O) groups excluding carboxylic acids is 3. The second-order valence-corrected chi connectivity index (χ2v) is 9.11. The maximum absolute atomic E-state index is 12.8. The lowest BCUT2D eigenvalue weighted by Crippen LogP contribution is -2.55. The van der Waals surface area contributed by atoms with Crippen molar-refractivity contribution >= 4 is 28.7 Å². The van der Waals surface area contributed by atoms with Crippen LogP contribution in [-0.2, 0) is 31.7 Å². The summed E-state index contributed by atoms with van der Waals surface area (Å²) in [6.45, 7) is 3.57. The number of alkyl carbamates (subject to hydrolysis) is 1. The lowest BCUT2D eigenvalue weighted by Gasteiger charge is -2.24. The van der Waals surface area contributed by atoms with Gasteiger partial charge in [0.1, 0.15) is 18.7 Å². The normalized spacial score (nSPS) is 13.6. The van der Waals surface area contributed by atoms with Gasteiger partial charge in [-0.25, -0.2) is 4.79 Å². The fourth-order valence-electron chi connectivity index (χ4n) is 2.89. The number of nitrogens with one attached hydrogen (secondary N) is 2. The monoisotopic (exact) mass is 459 g/mol. The highest BCUT2D eigenvalue weighted by Crippen LogP contribution is 2.09. The number of primary amides is 1. The summed E-state index contributed by atoms with van der Waals surface area (Å²) in [5, 5.41) is 5.10. The van der Waals surface area contributed by atoms with Crippen LogP contribution in [0, 0.1) is 5.92 Å². The fourth-order valence-corrected chi connectivity index (χ4v) is 4.03. The Morgan fingerprint density at radius 1 is 0.969 bits per heavy atom. The zero-order valence-electron chi connectivity index (χ0n) is 18.2. The molecule has 0 radical (unpaired) electrons. The first-order valence-electron chi connectivity index (χ1n) is 10.3. The van der Waals surface area contributed by atoms with Gasteiger partial charge in [0.2, 0.25) is 11.8 Å². The average molecular weight is 460 g/mol. The molecule has 0 aliphatic carbocycles. The summed E-state index contributed by atoms with van der Waals surface area (Å²) < 4.78 is 17.6. The largest absolute Gasteiger partial charge is 0.445 e. The average Bonchev–Trinajstić information content (AvgIpc) is 2.79. The smallest absolute Gasteiger partial charge is 0.408 e. The molecular formula is C23H29N3O5S. The number of hydrogen-bond donors (Lipinski definition) is 3. The van der Waals surface area contributed by atoms with Gasteiger partial charge in [-0.15, -0.1) is 0 Å². The van der Waals surface area contributed by atoms with E-state index in [9.17, 15) is 18.6 Å². The molecule has 0 fully saturated rings. The highest BCUT2D eigenvalue weighted by atomic mass is 32.2. The van der Waals surface area contributed by atoms with Gasteiger partial charge in [-0.2, -0.15) is 0 Å². The van der Waals surface area contributed by atoms with E-state index in [0.717, 1.165) is 5.56 Å². The molecule has 0 unspecified atom stereocenters. The molecule has 2 aromatic carbocycles. The predicted molar refractivity (Wildman–Crippen MR) is 122 cm³/mol. The van der Waals surface area contributed by atoms with E-state index in [1.807, 2.05) is 36.4 Å². The molecule has 0 bridgehead atoms. The first kappa shape index (κ1) is 25.1. The van der Waals surface area contributed by atoms with E-state index in [-0.39, 0.29) is 24.7 Å². The van der Waals surface area contributed by atoms with Gasteiger partial charge in [-0.3, -0.25) is 13.8 Å². The van der Waals surface area contributed by atoms with Crippen molar-refractivity contribution < 1.29 is 23.3 Å². The zero-order valence-corrected chi connectivity index (χ0v) is 19.0. The molecule has 4 N–H and O–H groups in total. The van der Waals surface area contributed by atoms with E-state index >= 15 is 0 Å². The zero-order chi connectivity index (χ0) is 23.5. The molecule has 2 aromatic rings. The van der Waals surface area contributed by atoms with E-state index in [2.05, 4.69) is 10.6 Å². The standard InChI is InChI=1S/C23H29N3O5S/c1-16(2)20(26-23(29)31-15-17-9-5-3-6-10-17)22(28)25-19(21(24)27)13-14-32(30)18-11-7-4-8-12-18/h3-12,16,19-20H,13-15H2,1-2H3,(H2,24,27)(H,25,28)(H,26,29)/t19-,20+,32-/m0/s1. The Morgan fingerprint density at radius 3 is 2.12 bits per heavy atom. The molecule has 0 aliphatic rings. The van der Waals surface area contributed by atoms with Crippen LogP contribution in [0.1, 0.15) is 25.8 Å². The van der Waals surface area contributed by atoms with Crippen LogP contribution in [0.4, 0.5) is 4.79 Å². The van der Waals surface area contributed by atoms with Crippen LogP contribution in [0.5, 0.6) is 0 Å². The Hall–Kier alpha value is -3.20. The molecule has 0 saturated heterocycles. The van der Waals surface area contributed by atoms with E-state index in [4.69, 9.17) is 10.5 Å². The first-order valence-corrected chi connectivity index (χ1v) is 11.6. The van der Waals surface area contributed by atoms with Gasteiger partial charge in [-0.05, 0) is 30.0 Å². The van der Waals surface area contributed by atoms with Crippen LogP contribution in [0.25, 0.3) is 0 Å². The molecule has 3 amide bonds. The molecule has 8 nitrogen and oxygen atoms in total. The quantitative estimate of drug-likeness (QED) is 0.474. The third-order valence-electron chi connectivity index (χ3n) is 4.69. The van der Waals surface area contributed by atoms with Gasteiger partial charge in [0.05, 0.1) is 10.8 Å². The summed E-state index contributed by atoms with van der Waals surface area (Å²) in [6.07, 6.45) is -0.644. The van der Waals surface area contributed by atoms with Gasteiger partial charge in [0.15, 0.2) is 0 Å². The van der Waals surface area contributed by atoms with Gasteiger partial charge in [-0.1, -0.05) is 62.4 Å². The Bertz CT molecular complexity index is 922. The van der Waals surface area contributed by atoms with Gasteiger partial charge >= 0.3 is 6.09 Å². The van der Waals surface area contributed by atoms with Gasteiger partial charge in [0.25, 0.3) is 0 Å². The number of amides is 3. The second kappa shape index (κ2) is 12.6. The molecule has 0 aliphatic heterocycles.